The first-order chi connectivity index (χ1) is 12.2. The summed E-state index contributed by atoms with van der Waals surface area (Å²) in [7, 11) is 0. The van der Waals surface area contributed by atoms with Gasteiger partial charge in [-0.1, -0.05) is 36.4 Å². The normalized spacial score (nSPS) is 10.1. The number of aryl methyl sites for hydroxylation is 1. The average Bonchev–Trinajstić information content (AvgIpc) is 2.63. The highest BCUT2D eigenvalue weighted by molar-refractivity contribution is 5.93. The van der Waals surface area contributed by atoms with Crippen molar-refractivity contribution in [2.45, 2.75) is 12.8 Å². The summed E-state index contributed by atoms with van der Waals surface area (Å²) in [6, 6.07) is 17.0. The lowest BCUT2D eigenvalue weighted by Crippen LogP contribution is -2.28. The van der Waals surface area contributed by atoms with Gasteiger partial charge in [0.15, 0.2) is 0 Å². The molecule has 0 saturated heterocycles. The van der Waals surface area contributed by atoms with E-state index in [0.717, 1.165) is 5.56 Å². The highest BCUT2D eigenvalue weighted by Crippen LogP contribution is 2.14. The van der Waals surface area contributed by atoms with E-state index < -0.39 is 0 Å². The molecule has 2 amide bonds. The van der Waals surface area contributed by atoms with E-state index in [4.69, 9.17) is 0 Å². The van der Waals surface area contributed by atoms with Crippen LogP contribution in [-0.4, -0.2) is 24.9 Å². The van der Waals surface area contributed by atoms with Gasteiger partial charge < -0.3 is 16.0 Å². The molecule has 25 heavy (non-hydrogen) atoms. The van der Waals surface area contributed by atoms with E-state index in [2.05, 4.69) is 22.5 Å². The quantitative estimate of drug-likeness (QED) is 0.487. The molecule has 130 valence electrons. The first-order valence-corrected chi connectivity index (χ1v) is 8.22. The lowest BCUT2D eigenvalue weighted by molar-refractivity contribution is -0.116. The smallest absolute Gasteiger partial charge is 0.238 e. The van der Waals surface area contributed by atoms with Crippen LogP contribution in [0, 0.1) is 0 Å². The molecule has 5 heteroatoms. The average molecular weight is 337 g/mol. The molecule has 0 aliphatic rings. The van der Waals surface area contributed by atoms with Crippen LogP contribution in [0.3, 0.4) is 0 Å². The Balaban J connectivity index is 1.76. The highest BCUT2D eigenvalue weighted by atomic mass is 16.2. The van der Waals surface area contributed by atoms with Crippen molar-refractivity contribution in [3.8, 4) is 0 Å². The lowest BCUT2D eigenvalue weighted by Gasteiger charge is -2.08. The Bertz CT molecular complexity index is 697. The van der Waals surface area contributed by atoms with Crippen LogP contribution in [0.1, 0.15) is 12.0 Å². The maximum absolute atomic E-state index is 12.0. The molecular weight excluding hydrogens is 314 g/mol. The zero-order valence-electron chi connectivity index (χ0n) is 14.1. The van der Waals surface area contributed by atoms with Crippen molar-refractivity contribution in [2.24, 2.45) is 0 Å². The molecule has 0 heterocycles. The van der Waals surface area contributed by atoms with Gasteiger partial charge in [0.05, 0.1) is 6.54 Å². The third kappa shape index (κ3) is 7.01. The monoisotopic (exact) mass is 337 g/mol. The number of amides is 2. The molecule has 2 rings (SSSR count). The fourth-order valence-corrected chi connectivity index (χ4v) is 2.26. The minimum absolute atomic E-state index is 0.0331. The first-order valence-electron chi connectivity index (χ1n) is 8.22. The van der Waals surface area contributed by atoms with Crippen molar-refractivity contribution in [3.05, 3.63) is 72.8 Å². The second-order valence-corrected chi connectivity index (χ2v) is 5.58. The fraction of sp³-hybridized carbons (Fsp3) is 0.200. The van der Waals surface area contributed by atoms with E-state index in [0.29, 0.717) is 30.8 Å². The van der Waals surface area contributed by atoms with E-state index in [1.165, 1.54) is 0 Å². The molecule has 0 bridgehead atoms. The van der Waals surface area contributed by atoms with Crippen LogP contribution in [0.4, 0.5) is 11.4 Å². The van der Waals surface area contributed by atoms with Gasteiger partial charge in [-0.2, -0.15) is 0 Å². The number of hydrogen-bond donors (Lipinski definition) is 3. The van der Waals surface area contributed by atoms with E-state index in [9.17, 15) is 9.59 Å². The molecule has 0 atom stereocenters. The molecule has 2 aromatic rings. The Morgan fingerprint density at radius 1 is 0.880 bits per heavy atom. The third-order valence-corrected chi connectivity index (χ3v) is 3.51. The van der Waals surface area contributed by atoms with Gasteiger partial charge in [-0.3, -0.25) is 9.59 Å². The molecule has 0 saturated carbocycles. The number of hydrogen-bond acceptors (Lipinski definition) is 3. The van der Waals surface area contributed by atoms with Gasteiger partial charge in [0.2, 0.25) is 11.8 Å². The largest absolute Gasteiger partial charge is 0.326 e. The number of carbonyl (C=O) groups excluding carboxylic acids is 2. The maximum Gasteiger partial charge on any atom is 0.238 e. The molecule has 0 aromatic heterocycles. The lowest BCUT2D eigenvalue weighted by atomic mass is 10.1. The summed E-state index contributed by atoms with van der Waals surface area (Å²) in [6.07, 6.45) is 2.83. The number of benzene rings is 2. The predicted octanol–water partition coefficient (Wildman–Crippen LogP) is 2.97. The van der Waals surface area contributed by atoms with Crippen molar-refractivity contribution in [1.29, 1.82) is 0 Å². The van der Waals surface area contributed by atoms with Crippen LogP contribution in [0.15, 0.2) is 67.3 Å². The predicted molar refractivity (Wildman–Crippen MR) is 102 cm³/mol. The second-order valence-electron chi connectivity index (χ2n) is 5.58. The van der Waals surface area contributed by atoms with Crippen molar-refractivity contribution in [2.75, 3.05) is 23.7 Å². The second kappa shape index (κ2) is 10.1. The van der Waals surface area contributed by atoms with E-state index >= 15 is 0 Å². The minimum atomic E-state index is -0.124. The minimum Gasteiger partial charge on any atom is -0.326 e. The topological polar surface area (TPSA) is 70.2 Å². The van der Waals surface area contributed by atoms with Gasteiger partial charge >= 0.3 is 0 Å². The summed E-state index contributed by atoms with van der Waals surface area (Å²) in [5.41, 5.74) is 2.54. The summed E-state index contributed by atoms with van der Waals surface area (Å²) in [4.78, 5) is 23.7. The van der Waals surface area contributed by atoms with Gasteiger partial charge in [0.1, 0.15) is 0 Å². The maximum atomic E-state index is 12.0. The van der Waals surface area contributed by atoms with Crippen molar-refractivity contribution >= 4 is 23.2 Å². The molecular formula is C20H23N3O2. The molecule has 0 radical (unpaired) electrons. The van der Waals surface area contributed by atoms with E-state index in [-0.39, 0.29) is 18.4 Å². The van der Waals surface area contributed by atoms with E-state index in [1.54, 1.807) is 30.3 Å². The Hall–Kier alpha value is -2.92. The van der Waals surface area contributed by atoms with Crippen LogP contribution < -0.4 is 16.0 Å². The number of carbonyl (C=O) groups is 2. The SMILES string of the molecule is C=CCNCC(=O)Nc1ccc(NC(=O)CCc2ccccc2)cc1. The zero-order valence-corrected chi connectivity index (χ0v) is 14.1. The molecule has 0 aliphatic heterocycles. The van der Waals surface area contributed by atoms with E-state index in [1.807, 2.05) is 30.3 Å². The highest BCUT2D eigenvalue weighted by Gasteiger charge is 2.05. The summed E-state index contributed by atoms with van der Waals surface area (Å²) in [5, 5.41) is 8.57. The summed E-state index contributed by atoms with van der Waals surface area (Å²) in [5.74, 6) is -0.157. The Kier molecular flexibility index (Phi) is 7.41. The van der Waals surface area contributed by atoms with Crippen molar-refractivity contribution < 1.29 is 9.59 Å². The molecule has 0 spiro atoms. The van der Waals surface area contributed by atoms with Crippen LogP contribution in [-0.2, 0) is 16.0 Å². The molecule has 5 nitrogen and oxygen atoms in total. The van der Waals surface area contributed by atoms with Gasteiger partial charge in [-0.25, -0.2) is 0 Å². The van der Waals surface area contributed by atoms with Gasteiger partial charge in [-0.05, 0) is 36.2 Å². The molecule has 0 aliphatic carbocycles. The van der Waals surface area contributed by atoms with Crippen molar-refractivity contribution in [1.82, 2.24) is 5.32 Å². The molecule has 3 N–H and O–H groups in total. The Morgan fingerprint density at radius 2 is 1.48 bits per heavy atom. The number of anilines is 2. The summed E-state index contributed by atoms with van der Waals surface area (Å²) < 4.78 is 0. The van der Waals surface area contributed by atoms with Crippen LogP contribution >= 0.6 is 0 Å². The van der Waals surface area contributed by atoms with Crippen LogP contribution in [0.5, 0.6) is 0 Å². The molecule has 0 unspecified atom stereocenters. The summed E-state index contributed by atoms with van der Waals surface area (Å²) in [6.45, 7) is 4.39. The van der Waals surface area contributed by atoms with Crippen molar-refractivity contribution in [3.63, 3.8) is 0 Å². The number of rotatable bonds is 9. The van der Waals surface area contributed by atoms with Gasteiger partial charge in [-0.15, -0.1) is 6.58 Å². The van der Waals surface area contributed by atoms with Crippen LogP contribution in [0.2, 0.25) is 0 Å². The van der Waals surface area contributed by atoms with Crippen LogP contribution in [0.25, 0.3) is 0 Å². The Morgan fingerprint density at radius 3 is 2.08 bits per heavy atom. The number of nitrogens with one attached hydrogen (secondary N) is 3. The zero-order chi connectivity index (χ0) is 17.9. The fourth-order valence-electron chi connectivity index (χ4n) is 2.26. The summed E-state index contributed by atoms with van der Waals surface area (Å²) >= 11 is 0. The third-order valence-electron chi connectivity index (χ3n) is 3.51. The van der Waals surface area contributed by atoms with Gasteiger partial charge in [0, 0.05) is 24.3 Å². The molecule has 0 fully saturated rings. The first kappa shape index (κ1) is 18.4. The standard InChI is InChI=1S/C20H23N3O2/c1-2-14-21-15-20(25)23-18-11-9-17(10-12-18)22-19(24)13-8-16-6-4-3-5-7-16/h2-7,9-12,21H,1,8,13-15H2,(H,22,24)(H,23,25). The Labute approximate surface area is 148 Å². The molecule has 2 aromatic carbocycles. The van der Waals surface area contributed by atoms with Gasteiger partial charge in [0.25, 0.3) is 0 Å².